The van der Waals surface area contributed by atoms with Gasteiger partial charge in [-0.1, -0.05) is 20.3 Å². The van der Waals surface area contributed by atoms with Gasteiger partial charge in [-0.15, -0.1) is 0 Å². The van der Waals surface area contributed by atoms with Crippen molar-refractivity contribution in [2.45, 2.75) is 33.3 Å². The molecule has 2 atom stereocenters. The summed E-state index contributed by atoms with van der Waals surface area (Å²) in [6.45, 7) is 6.23. The Morgan fingerprint density at radius 3 is 2.61 bits per heavy atom. The molecule has 5 heteroatoms. The van der Waals surface area contributed by atoms with E-state index in [0.717, 1.165) is 6.42 Å². The predicted molar refractivity (Wildman–Crippen MR) is 68.7 cm³/mol. The lowest BCUT2D eigenvalue weighted by Crippen LogP contribution is -2.09. The van der Waals surface area contributed by atoms with Crippen molar-refractivity contribution in [1.29, 1.82) is 0 Å². The van der Waals surface area contributed by atoms with Crippen molar-refractivity contribution in [3.63, 3.8) is 0 Å². The van der Waals surface area contributed by atoms with Crippen molar-refractivity contribution < 1.29 is 14.8 Å². The van der Waals surface area contributed by atoms with Gasteiger partial charge in [-0.2, -0.15) is 0 Å². The fourth-order valence-electron chi connectivity index (χ4n) is 1.46. The summed E-state index contributed by atoms with van der Waals surface area (Å²) in [5.74, 6) is 0.915. The van der Waals surface area contributed by atoms with Gasteiger partial charge in [0.2, 0.25) is 0 Å². The van der Waals surface area contributed by atoms with Crippen molar-refractivity contribution in [3.8, 4) is 5.75 Å². The minimum atomic E-state index is -0.795. The van der Waals surface area contributed by atoms with Crippen LogP contribution in [0.25, 0.3) is 0 Å². The molecule has 1 rings (SSSR count). The van der Waals surface area contributed by atoms with Crippen LogP contribution in [-0.4, -0.2) is 16.6 Å². The third kappa shape index (κ3) is 3.70. The molecule has 1 aromatic carbocycles. The summed E-state index contributed by atoms with van der Waals surface area (Å²) < 4.78 is 5.60. The minimum absolute atomic E-state index is 0.0400. The summed E-state index contributed by atoms with van der Waals surface area (Å²) in [4.78, 5) is 10.2. The number of nitrogens with zero attached hydrogens (tertiary/aromatic N) is 1. The number of hydrogen-bond acceptors (Lipinski definition) is 4. The van der Waals surface area contributed by atoms with Gasteiger partial charge in [0.1, 0.15) is 5.75 Å². The van der Waals surface area contributed by atoms with E-state index in [4.69, 9.17) is 4.74 Å². The fraction of sp³-hybridized carbons (Fsp3) is 0.538. The zero-order valence-corrected chi connectivity index (χ0v) is 10.9. The van der Waals surface area contributed by atoms with Gasteiger partial charge in [-0.25, -0.2) is 0 Å². The van der Waals surface area contributed by atoms with Crippen LogP contribution in [0.3, 0.4) is 0 Å². The molecule has 5 nitrogen and oxygen atoms in total. The highest BCUT2D eigenvalue weighted by Gasteiger charge is 2.15. The Labute approximate surface area is 107 Å². The molecule has 0 aliphatic carbocycles. The molecule has 0 saturated carbocycles. The second kappa shape index (κ2) is 6.35. The van der Waals surface area contributed by atoms with Crippen molar-refractivity contribution in [3.05, 3.63) is 33.9 Å². The van der Waals surface area contributed by atoms with Gasteiger partial charge in [0.15, 0.2) is 0 Å². The Hall–Kier alpha value is -1.62. The zero-order valence-electron chi connectivity index (χ0n) is 10.9. The van der Waals surface area contributed by atoms with Gasteiger partial charge in [0.25, 0.3) is 5.69 Å². The zero-order chi connectivity index (χ0) is 13.7. The maximum absolute atomic E-state index is 10.7. The number of aliphatic hydroxyl groups excluding tert-OH is 1. The Morgan fingerprint density at radius 2 is 2.11 bits per heavy atom. The molecule has 0 aromatic heterocycles. The number of aliphatic hydroxyl groups is 1. The third-order valence-electron chi connectivity index (χ3n) is 2.87. The summed E-state index contributed by atoms with van der Waals surface area (Å²) >= 11 is 0. The second-order valence-corrected chi connectivity index (χ2v) is 4.48. The smallest absolute Gasteiger partial charge is 0.270 e. The molecule has 0 aliphatic heterocycles. The molecule has 0 aliphatic rings. The Bertz CT molecular complexity index is 417. The van der Waals surface area contributed by atoms with E-state index < -0.39 is 11.0 Å². The first-order valence-electron chi connectivity index (χ1n) is 6.04. The van der Waals surface area contributed by atoms with Gasteiger partial charge in [-0.3, -0.25) is 10.1 Å². The first kappa shape index (κ1) is 14.4. The molecule has 0 amide bonds. The molecule has 1 unspecified atom stereocenters. The van der Waals surface area contributed by atoms with E-state index in [-0.39, 0.29) is 5.69 Å². The van der Waals surface area contributed by atoms with Crippen molar-refractivity contribution in [1.82, 2.24) is 0 Å². The normalized spacial score (nSPS) is 14.0. The Kier molecular flexibility index (Phi) is 5.09. The van der Waals surface area contributed by atoms with Crippen LogP contribution in [0.1, 0.15) is 38.9 Å². The average Bonchev–Trinajstić information content (AvgIpc) is 2.35. The summed E-state index contributed by atoms with van der Waals surface area (Å²) in [6, 6.07) is 4.29. The second-order valence-electron chi connectivity index (χ2n) is 4.48. The molecule has 1 aromatic rings. The van der Waals surface area contributed by atoms with E-state index >= 15 is 0 Å². The van der Waals surface area contributed by atoms with Crippen molar-refractivity contribution in [2.24, 2.45) is 5.92 Å². The van der Waals surface area contributed by atoms with Crippen LogP contribution < -0.4 is 4.74 Å². The largest absolute Gasteiger partial charge is 0.493 e. The summed E-state index contributed by atoms with van der Waals surface area (Å²) in [6.07, 6.45) is 0.202. The van der Waals surface area contributed by atoms with Crippen molar-refractivity contribution in [2.75, 3.05) is 6.61 Å². The third-order valence-corrected chi connectivity index (χ3v) is 2.87. The number of benzene rings is 1. The molecule has 100 valence electrons. The minimum Gasteiger partial charge on any atom is -0.493 e. The van der Waals surface area contributed by atoms with Crippen LogP contribution in [0.4, 0.5) is 5.69 Å². The Balaban J connectivity index is 2.93. The van der Waals surface area contributed by atoms with Crippen LogP contribution in [0.15, 0.2) is 18.2 Å². The highest BCUT2D eigenvalue weighted by molar-refractivity contribution is 5.44. The fourth-order valence-corrected chi connectivity index (χ4v) is 1.46. The van der Waals surface area contributed by atoms with Gasteiger partial charge in [0, 0.05) is 17.7 Å². The van der Waals surface area contributed by atoms with E-state index in [1.807, 2.05) is 0 Å². The van der Waals surface area contributed by atoms with Gasteiger partial charge in [-0.05, 0) is 18.9 Å². The molecule has 1 N–H and O–H groups in total. The topological polar surface area (TPSA) is 72.6 Å². The lowest BCUT2D eigenvalue weighted by Gasteiger charge is -2.15. The van der Waals surface area contributed by atoms with Gasteiger partial charge >= 0.3 is 0 Å². The molecule has 0 saturated heterocycles. The molecule has 0 radical (unpaired) electrons. The summed E-state index contributed by atoms with van der Waals surface area (Å²) in [7, 11) is 0. The monoisotopic (exact) mass is 253 g/mol. The standard InChI is InChI=1S/C13H19NO4/c1-4-9(2)8-18-13-6-5-11(14(16)17)7-12(13)10(3)15/h5-7,9-10,15H,4,8H2,1-3H3/t9?,10-/m1/s1. The predicted octanol–water partition coefficient (Wildman–Crippen LogP) is 3.07. The van der Waals surface area contributed by atoms with E-state index in [0.29, 0.717) is 23.8 Å². The number of nitro groups is 1. The molecular weight excluding hydrogens is 234 g/mol. The first-order valence-corrected chi connectivity index (χ1v) is 6.04. The molecule has 18 heavy (non-hydrogen) atoms. The highest BCUT2D eigenvalue weighted by Crippen LogP contribution is 2.29. The van der Waals surface area contributed by atoms with Crippen molar-refractivity contribution >= 4 is 5.69 Å². The van der Waals surface area contributed by atoms with Crippen LogP contribution in [0.5, 0.6) is 5.75 Å². The van der Waals surface area contributed by atoms with E-state index in [1.165, 1.54) is 12.1 Å². The molecule has 0 fully saturated rings. The van der Waals surface area contributed by atoms with Gasteiger partial charge < -0.3 is 9.84 Å². The number of nitro benzene ring substituents is 1. The SMILES string of the molecule is CCC(C)COc1ccc([N+](=O)[O-])cc1[C@@H](C)O. The number of rotatable bonds is 6. The lowest BCUT2D eigenvalue weighted by molar-refractivity contribution is -0.385. The van der Waals surface area contributed by atoms with Crippen LogP contribution in [0.2, 0.25) is 0 Å². The quantitative estimate of drug-likeness (QED) is 0.624. The Morgan fingerprint density at radius 1 is 1.44 bits per heavy atom. The van der Waals surface area contributed by atoms with Crippen LogP contribution >= 0.6 is 0 Å². The van der Waals surface area contributed by atoms with Crippen LogP contribution in [-0.2, 0) is 0 Å². The molecule has 0 heterocycles. The van der Waals surface area contributed by atoms with E-state index in [2.05, 4.69) is 13.8 Å². The van der Waals surface area contributed by atoms with Gasteiger partial charge in [0.05, 0.1) is 17.6 Å². The average molecular weight is 253 g/mol. The molecular formula is C13H19NO4. The van der Waals surface area contributed by atoms with Crippen LogP contribution in [0, 0.1) is 16.0 Å². The highest BCUT2D eigenvalue weighted by atomic mass is 16.6. The number of hydrogen-bond donors (Lipinski definition) is 1. The molecule has 0 spiro atoms. The van der Waals surface area contributed by atoms with E-state index in [1.54, 1.807) is 13.0 Å². The number of ether oxygens (including phenoxy) is 1. The summed E-state index contributed by atoms with van der Waals surface area (Å²) in [5, 5.41) is 20.3. The number of non-ortho nitro benzene ring substituents is 1. The van der Waals surface area contributed by atoms with E-state index in [9.17, 15) is 15.2 Å². The maximum atomic E-state index is 10.7. The first-order chi connectivity index (χ1) is 8.45. The maximum Gasteiger partial charge on any atom is 0.270 e. The lowest BCUT2D eigenvalue weighted by atomic mass is 10.1. The molecule has 0 bridgehead atoms. The summed E-state index contributed by atoms with van der Waals surface area (Å²) in [5.41, 5.74) is 0.411.